The Morgan fingerprint density at radius 1 is 1.45 bits per heavy atom. The molecule has 0 radical (unpaired) electrons. The highest BCUT2D eigenvalue weighted by molar-refractivity contribution is 6.66. The quantitative estimate of drug-likeness (QED) is 0.611. The zero-order valence-electron chi connectivity index (χ0n) is 7.94. The van der Waals surface area contributed by atoms with Gasteiger partial charge in [0.1, 0.15) is 0 Å². The third-order valence-corrected chi connectivity index (χ3v) is 4.22. The zero-order valence-corrected chi connectivity index (χ0v) is 8.94. The normalized spacial score (nSPS) is 16.4. The summed E-state index contributed by atoms with van der Waals surface area (Å²) in [6.45, 7) is 4.97. The molecule has 0 saturated heterocycles. The highest BCUT2D eigenvalue weighted by Crippen LogP contribution is 2.04. The van der Waals surface area contributed by atoms with Gasteiger partial charge in [0.15, 0.2) is 0 Å². The van der Waals surface area contributed by atoms with Crippen molar-refractivity contribution in [2.75, 3.05) is 26.9 Å². The summed E-state index contributed by atoms with van der Waals surface area (Å²) >= 11 is 0. The van der Waals surface area contributed by atoms with E-state index in [1.54, 1.807) is 7.11 Å². The summed E-state index contributed by atoms with van der Waals surface area (Å²) < 4.78 is 11.0. The van der Waals surface area contributed by atoms with Crippen LogP contribution in [0.15, 0.2) is 0 Å². The van der Waals surface area contributed by atoms with Gasteiger partial charge in [-0.2, -0.15) is 0 Å². The molecule has 0 spiro atoms. The van der Waals surface area contributed by atoms with Gasteiger partial charge in [-0.25, -0.2) is 0 Å². The van der Waals surface area contributed by atoms with Crippen molar-refractivity contribution < 1.29 is 8.85 Å². The van der Waals surface area contributed by atoms with Crippen LogP contribution in [-0.2, 0) is 8.85 Å². The fraction of sp³-hybridized carbons (Fsp3) is 1.00. The van der Waals surface area contributed by atoms with E-state index in [1.165, 1.54) is 0 Å². The maximum atomic E-state index is 5.62. The van der Waals surface area contributed by atoms with Crippen molar-refractivity contribution in [1.29, 1.82) is 0 Å². The molecular weight excluding hydrogens is 158 g/mol. The SMILES string of the molecule is CCCO[Si](C)(CNC)OC. The van der Waals surface area contributed by atoms with Crippen LogP contribution in [0.1, 0.15) is 13.3 Å². The summed E-state index contributed by atoms with van der Waals surface area (Å²) in [6, 6.07) is 0. The third-order valence-electron chi connectivity index (χ3n) is 1.54. The molecule has 0 aliphatic carbocycles. The van der Waals surface area contributed by atoms with Gasteiger partial charge < -0.3 is 14.2 Å². The molecule has 0 aromatic heterocycles. The molecule has 11 heavy (non-hydrogen) atoms. The van der Waals surface area contributed by atoms with Crippen LogP contribution in [0.2, 0.25) is 6.55 Å². The van der Waals surface area contributed by atoms with Crippen LogP contribution in [0.3, 0.4) is 0 Å². The van der Waals surface area contributed by atoms with Gasteiger partial charge in [0.25, 0.3) is 0 Å². The van der Waals surface area contributed by atoms with Crippen molar-refractivity contribution >= 4 is 8.56 Å². The van der Waals surface area contributed by atoms with Gasteiger partial charge in [0, 0.05) is 19.9 Å². The number of rotatable bonds is 6. The molecule has 0 amide bonds. The first kappa shape index (κ1) is 11.1. The molecule has 4 heteroatoms. The fourth-order valence-corrected chi connectivity index (χ4v) is 2.46. The first-order valence-corrected chi connectivity index (χ1v) is 6.54. The van der Waals surface area contributed by atoms with Gasteiger partial charge in [-0.05, 0) is 20.0 Å². The average molecular weight is 177 g/mol. The average Bonchev–Trinajstić information content (AvgIpc) is 2.02. The van der Waals surface area contributed by atoms with Crippen LogP contribution in [0, 0.1) is 0 Å². The third kappa shape index (κ3) is 4.52. The van der Waals surface area contributed by atoms with Crippen molar-refractivity contribution in [3.63, 3.8) is 0 Å². The molecule has 3 nitrogen and oxygen atoms in total. The Bertz CT molecular complexity index is 102. The van der Waals surface area contributed by atoms with Crippen LogP contribution in [0.4, 0.5) is 0 Å². The lowest BCUT2D eigenvalue weighted by Crippen LogP contribution is -2.47. The molecular formula is C7H19NO2Si. The Balaban J connectivity index is 3.68. The second-order valence-corrected chi connectivity index (χ2v) is 6.03. The van der Waals surface area contributed by atoms with Crippen molar-refractivity contribution in [3.05, 3.63) is 0 Å². The number of hydrogen-bond acceptors (Lipinski definition) is 3. The number of nitrogens with one attached hydrogen (secondary N) is 1. The molecule has 0 aromatic carbocycles. The van der Waals surface area contributed by atoms with Crippen molar-refractivity contribution in [3.8, 4) is 0 Å². The van der Waals surface area contributed by atoms with Crippen LogP contribution in [0.25, 0.3) is 0 Å². The van der Waals surface area contributed by atoms with E-state index in [0.29, 0.717) is 0 Å². The first-order chi connectivity index (χ1) is 5.18. The Kier molecular flexibility index (Phi) is 5.76. The van der Waals surface area contributed by atoms with E-state index in [4.69, 9.17) is 8.85 Å². The summed E-state index contributed by atoms with van der Waals surface area (Å²) in [5.41, 5.74) is 0. The van der Waals surface area contributed by atoms with Crippen LogP contribution < -0.4 is 5.32 Å². The molecule has 1 N–H and O–H groups in total. The van der Waals surface area contributed by atoms with Gasteiger partial charge in [0.05, 0.1) is 0 Å². The maximum absolute atomic E-state index is 5.62. The summed E-state index contributed by atoms with van der Waals surface area (Å²) in [4.78, 5) is 0. The second kappa shape index (κ2) is 5.71. The van der Waals surface area contributed by atoms with E-state index in [9.17, 15) is 0 Å². The molecule has 0 heterocycles. The predicted molar refractivity (Wildman–Crippen MR) is 48.8 cm³/mol. The van der Waals surface area contributed by atoms with Crippen LogP contribution in [-0.4, -0.2) is 35.5 Å². The van der Waals surface area contributed by atoms with Gasteiger partial charge in [-0.1, -0.05) is 6.92 Å². The Morgan fingerprint density at radius 2 is 2.09 bits per heavy atom. The molecule has 0 bridgehead atoms. The van der Waals surface area contributed by atoms with E-state index >= 15 is 0 Å². The molecule has 68 valence electrons. The number of hydrogen-bond donors (Lipinski definition) is 1. The van der Waals surface area contributed by atoms with Crippen molar-refractivity contribution in [2.24, 2.45) is 0 Å². The summed E-state index contributed by atoms with van der Waals surface area (Å²) in [5.74, 6) is 0. The zero-order chi connectivity index (χ0) is 8.74. The van der Waals surface area contributed by atoms with E-state index < -0.39 is 8.56 Å². The smallest absolute Gasteiger partial charge is 0.348 e. The lowest BCUT2D eigenvalue weighted by atomic mass is 10.5. The van der Waals surface area contributed by atoms with Crippen LogP contribution >= 0.6 is 0 Å². The van der Waals surface area contributed by atoms with Gasteiger partial charge in [-0.15, -0.1) is 0 Å². The standard InChI is InChI=1S/C7H19NO2Si/c1-5-6-10-11(4,9-3)7-8-2/h8H,5-7H2,1-4H3. The highest BCUT2D eigenvalue weighted by Gasteiger charge is 2.28. The van der Waals surface area contributed by atoms with E-state index in [2.05, 4.69) is 18.8 Å². The first-order valence-electron chi connectivity index (χ1n) is 4.02. The summed E-state index contributed by atoms with van der Waals surface area (Å²) in [7, 11) is 1.78. The monoisotopic (exact) mass is 177 g/mol. The lowest BCUT2D eigenvalue weighted by molar-refractivity contribution is 0.203. The van der Waals surface area contributed by atoms with Gasteiger partial charge >= 0.3 is 8.56 Å². The molecule has 0 fully saturated rings. The Morgan fingerprint density at radius 3 is 2.45 bits per heavy atom. The lowest BCUT2D eigenvalue weighted by Gasteiger charge is -2.24. The van der Waals surface area contributed by atoms with Crippen molar-refractivity contribution in [2.45, 2.75) is 19.9 Å². The topological polar surface area (TPSA) is 30.5 Å². The van der Waals surface area contributed by atoms with Crippen LogP contribution in [0.5, 0.6) is 0 Å². The Labute approximate surface area is 70.3 Å². The fourth-order valence-electron chi connectivity index (χ4n) is 0.821. The minimum Gasteiger partial charge on any atom is -0.397 e. The molecule has 0 saturated carbocycles. The van der Waals surface area contributed by atoms with E-state index in [0.717, 1.165) is 19.2 Å². The van der Waals surface area contributed by atoms with Gasteiger partial charge in [0.2, 0.25) is 0 Å². The second-order valence-electron chi connectivity index (χ2n) is 2.72. The highest BCUT2D eigenvalue weighted by atomic mass is 28.4. The maximum Gasteiger partial charge on any atom is 0.348 e. The van der Waals surface area contributed by atoms with Crippen molar-refractivity contribution in [1.82, 2.24) is 5.32 Å². The summed E-state index contributed by atoms with van der Waals surface area (Å²) in [6.07, 6.45) is 1.90. The molecule has 0 aromatic rings. The van der Waals surface area contributed by atoms with E-state index in [1.807, 2.05) is 7.05 Å². The molecule has 0 aliphatic rings. The Hall–Kier alpha value is 0.0969. The minimum absolute atomic E-state index is 0.804. The predicted octanol–water partition coefficient (Wildman–Crippen LogP) is 0.890. The largest absolute Gasteiger partial charge is 0.397 e. The molecule has 0 aliphatic heterocycles. The minimum atomic E-state index is -1.86. The van der Waals surface area contributed by atoms with Gasteiger partial charge in [-0.3, -0.25) is 0 Å². The molecule has 0 rings (SSSR count). The molecule has 1 atom stereocenters. The van der Waals surface area contributed by atoms with E-state index in [-0.39, 0.29) is 0 Å². The molecule has 1 unspecified atom stereocenters. The summed E-state index contributed by atoms with van der Waals surface area (Å²) in [5, 5.41) is 3.08.